The summed E-state index contributed by atoms with van der Waals surface area (Å²) in [5.41, 5.74) is 1.82. The molecule has 0 spiro atoms. The van der Waals surface area contributed by atoms with Gasteiger partial charge in [-0.1, -0.05) is 36.4 Å². The van der Waals surface area contributed by atoms with E-state index in [9.17, 15) is 19.2 Å². The molecule has 3 amide bonds. The zero-order chi connectivity index (χ0) is 35.3. The van der Waals surface area contributed by atoms with Gasteiger partial charge in [0.05, 0.1) is 13.0 Å². The quantitative estimate of drug-likeness (QED) is 0.228. The Morgan fingerprint density at radius 1 is 0.938 bits per heavy atom. The molecule has 1 fully saturated rings. The highest BCUT2D eigenvalue weighted by Gasteiger charge is 2.28. The summed E-state index contributed by atoms with van der Waals surface area (Å²) in [5.74, 6) is -0.0904. The molecule has 264 valence electrons. The number of ether oxygens (including phenoxy) is 3. The lowest BCUT2D eigenvalue weighted by Crippen LogP contribution is -2.47. The number of likely N-dealkylation sites (tertiary alicyclic amines) is 1. The largest absolute Gasteiger partial charge is 0.494 e. The van der Waals surface area contributed by atoms with Crippen LogP contribution in [-0.2, 0) is 36.8 Å². The van der Waals surface area contributed by atoms with Crippen LogP contribution in [0, 0.1) is 12.8 Å². The molecule has 0 radical (unpaired) electrons. The zero-order valence-corrected chi connectivity index (χ0v) is 29.9. The molecule has 48 heavy (non-hydrogen) atoms. The fourth-order valence-electron chi connectivity index (χ4n) is 5.47. The third-order valence-electron chi connectivity index (χ3n) is 7.93. The maximum Gasteiger partial charge on any atom is 0.410 e. The van der Waals surface area contributed by atoms with Crippen molar-refractivity contribution in [3.05, 3.63) is 65.2 Å². The smallest absolute Gasteiger partial charge is 0.410 e. The number of hydrogen-bond donors (Lipinski definition) is 2. The Bertz CT molecular complexity index is 1360. The van der Waals surface area contributed by atoms with Crippen LogP contribution < -0.4 is 15.4 Å². The number of carbonyl (C=O) groups is 4. The fraction of sp³-hybridized carbons (Fsp3) is 0.579. The Morgan fingerprint density at radius 3 is 2.33 bits per heavy atom. The van der Waals surface area contributed by atoms with E-state index in [2.05, 4.69) is 10.6 Å². The van der Waals surface area contributed by atoms with E-state index in [1.54, 1.807) is 25.7 Å². The minimum Gasteiger partial charge on any atom is -0.494 e. The van der Waals surface area contributed by atoms with E-state index in [1.165, 1.54) is 0 Å². The van der Waals surface area contributed by atoms with Gasteiger partial charge in [0.2, 0.25) is 11.8 Å². The second-order valence-electron chi connectivity index (χ2n) is 14.6. The number of benzene rings is 2. The molecule has 0 saturated carbocycles. The highest BCUT2D eigenvalue weighted by Crippen LogP contribution is 2.23. The summed E-state index contributed by atoms with van der Waals surface area (Å²) in [5, 5.41) is 5.83. The van der Waals surface area contributed by atoms with Crippen molar-refractivity contribution in [2.24, 2.45) is 5.92 Å². The van der Waals surface area contributed by atoms with Crippen molar-refractivity contribution in [1.82, 2.24) is 15.5 Å². The van der Waals surface area contributed by atoms with Crippen molar-refractivity contribution >= 4 is 23.9 Å². The Balaban J connectivity index is 1.54. The van der Waals surface area contributed by atoms with Gasteiger partial charge in [0.15, 0.2) is 0 Å². The summed E-state index contributed by atoms with van der Waals surface area (Å²) >= 11 is 0. The Hall–Kier alpha value is -4.08. The van der Waals surface area contributed by atoms with Gasteiger partial charge in [-0.25, -0.2) is 4.79 Å². The van der Waals surface area contributed by atoms with E-state index in [1.807, 2.05) is 76.2 Å². The molecular weight excluding hydrogens is 610 g/mol. The third kappa shape index (κ3) is 14.4. The molecule has 1 heterocycles. The molecule has 0 bridgehead atoms. The van der Waals surface area contributed by atoms with E-state index in [0.717, 1.165) is 36.0 Å². The molecular formula is C38H55N3O7. The van der Waals surface area contributed by atoms with Crippen LogP contribution in [0.15, 0.2) is 48.5 Å². The number of carbonyl (C=O) groups excluding carboxylic acids is 4. The van der Waals surface area contributed by atoms with Crippen LogP contribution in [0.4, 0.5) is 4.79 Å². The van der Waals surface area contributed by atoms with Crippen LogP contribution in [0.25, 0.3) is 0 Å². The summed E-state index contributed by atoms with van der Waals surface area (Å²) in [4.78, 5) is 52.7. The number of nitrogens with one attached hydrogen (secondary N) is 2. The number of piperidine rings is 1. The zero-order valence-electron chi connectivity index (χ0n) is 29.9. The van der Waals surface area contributed by atoms with Gasteiger partial charge in [0, 0.05) is 26.1 Å². The number of amides is 3. The number of aryl methyl sites for hydroxylation is 2. The molecule has 1 unspecified atom stereocenters. The minimum atomic E-state index is -0.771. The van der Waals surface area contributed by atoms with E-state index >= 15 is 0 Å². The molecule has 2 aromatic carbocycles. The maximum atomic E-state index is 13.4. The highest BCUT2D eigenvalue weighted by atomic mass is 16.6. The van der Waals surface area contributed by atoms with Crippen LogP contribution in [0.1, 0.15) is 96.8 Å². The molecule has 1 saturated heterocycles. The Morgan fingerprint density at radius 2 is 1.65 bits per heavy atom. The first-order chi connectivity index (χ1) is 22.6. The number of hydrogen-bond acceptors (Lipinski definition) is 7. The van der Waals surface area contributed by atoms with Gasteiger partial charge in [-0.2, -0.15) is 0 Å². The standard InChI is InChI=1S/C38H55N3O7/c1-27-15-17-31(46-23-21-29-14-11-22-41(26-29)36(45)48-38(5,6)7)24-30(27)25-39-35(44)32(18-16-28-12-9-8-10-13-28)40-33(42)19-20-34(43)47-37(2,3)4/h8-10,12-13,15,17,24,29,32H,11,14,16,18-23,25-26H2,1-7H3,(H,39,44)(H,40,42)/t29?,32-/m0/s1. The van der Waals surface area contributed by atoms with Crippen molar-refractivity contribution in [3.8, 4) is 5.75 Å². The fourth-order valence-corrected chi connectivity index (χ4v) is 5.47. The summed E-state index contributed by atoms with van der Waals surface area (Å²) in [6.45, 7) is 15.1. The predicted molar refractivity (Wildman–Crippen MR) is 185 cm³/mol. The van der Waals surface area contributed by atoms with Crippen molar-refractivity contribution in [2.75, 3.05) is 19.7 Å². The number of rotatable bonds is 14. The van der Waals surface area contributed by atoms with Gasteiger partial charge in [-0.05, 0) is 115 Å². The summed E-state index contributed by atoms with van der Waals surface area (Å²) in [6, 6.07) is 14.8. The minimum absolute atomic E-state index is 0.0646. The van der Waals surface area contributed by atoms with Gasteiger partial charge in [0.25, 0.3) is 0 Å². The van der Waals surface area contributed by atoms with Crippen LogP contribution in [-0.4, -0.2) is 65.7 Å². The van der Waals surface area contributed by atoms with E-state index in [-0.39, 0.29) is 37.3 Å². The Labute approximate surface area is 286 Å². The first-order valence-corrected chi connectivity index (χ1v) is 17.1. The van der Waals surface area contributed by atoms with Crippen molar-refractivity contribution < 1.29 is 33.4 Å². The normalized spacial score (nSPS) is 15.6. The first kappa shape index (κ1) is 38.4. The molecule has 1 aliphatic rings. The molecule has 10 heteroatoms. The molecule has 0 aromatic heterocycles. The van der Waals surface area contributed by atoms with E-state index in [4.69, 9.17) is 14.2 Å². The summed E-state index contributed by atoms with van der Waals surface area (Å²) in [7, 11) is 0. The van der Waals surface area contributed by atoms with Crippen molar-refractivity contribution in [2.45, 2.75) is 117 Å². The second-order valence-corrected chi connectivity index (χ2v) is 14.6. The monoisotopic (exact) mass is 665 g/mol. The maximum absolute atomic E-state index is 13.4. The topological polar surface area (TPSA) is 123 Å². The molecule has 0 aliphatic carbocycles. The van der Waals surface area contributed by atoms with Crippen LogP contribution >= 0.6 is 0 Å². The van der Waals surface area contributed by atoms with Crippen LogP contribution in [0.2, 0.25) is 0 Å². The van der Waals surface area contributed by atoms with E-state index < -0.39 is 23.2 Å². The predicted octanol–water partition coefficient (Wildman–Crippen LogP) is 6.27. The average molecular weight is 666 g/mol. The summed E-state index contributed by atoms with van der Waals surface area (Å²) < 4.78 is 17.0. The molecule has 3 rings (SSSR count). The highest BCUT2D eigenvalue weighted by molar-refractivity contribution is 5.88. The van der Waals surface area contributed by atoms with Crippen molar-refractivity contribution in [3.63, 3.8) is 0 Å². The van der Waals surface area contributed by atoms with Gasteiger partial charge in [-0.3, -0.25) is 14.4 Å². The van der Waals surface area contributed by atoms with Gasteiger partial charge >= 0.3 is 12.1 Å². The lowest BCUT2D eigenvalue weighted by Gasteiger charge is -2.34. The second kappa shape index (κ2) is 17.9. The number of esters is 1. The number of nitrogens with zero attached hydrogens (tertiary/aromatic N) is 1. The van der Waals surface area contributed by atoms with Gasteiger partial charge < -0.3 is 29.7 Å². The van der Waals surface area contributed by atoms with Crippen LogP contribution in [0.3, 0.4) is 0 Å². The SMILES string of the molecule is Cc1ccc(OCCC2CCCN(C(=O)OC(C)(C)C)C2)cc1CNC(=O)[C@H](CCc1ccccc1)NC(=O)CCC(=O)OC(C)(C)C. The molecule has 10 nitrogen and oxygen atoms in total. The van der Waals surface area contributed by atoms with Crippen LogP contribution in [0.5, 0.6) is 5.75 Å². The lowest BCUT2D eigenvalue weighted by atomic mass is 9.95. The first-order valence-electron chi connectivity index (χ1n) is 17.1. The Kier molecular flexibility index (Phi) is 14.3. The molecule has 2 N–H and O–H groups in total. The molecule has 1 aliphatic heterocycles. The molecule has 2 atom stereocenters. The molecule has 2 aromatic rings. The van der Waals surface area contributed by atoms with Gasteiger partial charge in [0.1, 0.15) is 23.0 Å². The lowest BCUT2D eigenvalue weighted by molar-refractivity contribution is -0.155. The summed E-state index contributed by atoms with van der Waals surface area (Å²) in [6.07, 6.45) is 3.41. The average Bonchev–Trinajstić information content (AvgIpc) is 3.01. The van der Waals surface area contributed by atoms with E-state index in [0.29, 0.717) is 44.2 Å². The third-order valence-corrected chi connectivity index (χ3v) is 7.93. The van der Waals surface area contributed by atoms with Gasteiger partial charge in [-0.15, -0.1) is 0 Å². The van der Waals surface area contributed by atoms with Crippen molar-refractivity contribution in [1.29, 1.82) is 0 Å².